The third-order valence-corrected chi connectivity index (χ3v) is 3.00. The summed E-state index contributed by atoms with van der Waals surface area (Å²) in [5.41, 5.74) is -0.0946. The van der Waals surface area contributed by atoms with Gasteiger partial charge < -0.3 is 0 Å². The Morgan fingerprint density at radius 3 is 2.78 bits per heavy atom. The molecule has 88 valence electrons. The number of fused-ring (bicyclic) bond motifs is 1. The van der Waals surface area contributed by atoms with E-state index in [0.29, 0.717) is 16.2 Å². The molecule has 0 aliphatic carbocycles. The number of halogens is 1. The molecule has 2 aromatic heterocycles. The van der Waals surface area contributed by atoms with Crippen molar-refractivity contribution in [3.63, 3.8) is 0 Å². The molecule has 1 aromatic carbocycles. The molecule has 0 bridgehead atoms. The van der Waals surface area contributed by atoms with Crippen molar-refractivity contribution in [1.29, 1.82) is 0 Å². The molecule has 0 aliphatic heterocycles. The van der Waals surface area contributed by atoms with Gasteiger partial charge in [0.1, 0.15) is 5.82 Å². The Kier molecular flexibility index (Phi) is 2.61. The van der Waals surface area contributed by atoms with E-state index in [2.05, 4.69) is 4.98 Å². The van der Waals surface area contributed by atoms with Gasteiger partial charge in [0.05, 0.1) is 0 Å². The molecule has 0 N–H and O–H groups in total. The van der Waals surface area contributed by atoms with E-state index in [1.54, 1.807) is 30.6 Å². The van der Waals surface area contributed by atoms with Crippen molar-refractivity contribution in [2.75, 3.05) is 0 Å². The Hall–Kier alpha value is -2.13. The second-order valence-corrected chi connectivity index (χ2v) is 4.35. The largest absolute Gasteiger partial charge is 0.268 e. The van der Waals surface area contributed by atoms with E-state index in [4.69, 9.17) is 11.6 Å². The van der Waals surface area contributed by atoms with Gasteiger partial charge in [-0.2, -0.15) is 0 Å². The van der Waals surface area contributed by atoms with Crippen molar-refractivity contribution >= 4 is 22.4 Å². The first kappa shape index (κ1) is 11.0. The van der Waals surface area contributed by atoms with Gasteiger partial charge in [-0.3, -0.25) is 9.36 Å². The van der Waals surface area contributed by atoms with Crippen LogP contribution in [0.1, 0.15) is 0 Å². The molecule has 0 atom stereocenters. The summed E-state index contributed by atoms with van der Waals surface area (Å²) in [5, 5.41) is 2.14. The standard InChI is InChI=1S/C14H9ClN2O/c15-11-5-7-16-13(9-11)17-8-6-10-3-1-2-4-12(10)14(17)18/h1-9H. The van der Waals surface area contributed by atoms with Crippen LogP contribution in [0.5, 0.6) is 0 Å². The van der Waals surface area contributed by atoms with Gasteiger partial charge in [0.2, 0.25) is 0 Å². The predicted octanol–water partition coefficient (Wildman–Crippen LogP) is 3.04. The van der Waals surface area contributed by atoms with Crippen LogP contribution >= 0.6 is 11.6 Å². The predicted molar refractivity (Wildman–Crippen MR) is 72.4 cm³/mol. The first-order valence-corrected chi connectivity index (χ1v) is 5.86. The summed E-state index contributed by atoms with van der Waals surface area (Å²) in [5.74, 6) is 0.526. The van der Waals surface area contributed by atoms with Crippen molar-refractivity contribution < 1.29 is 0 Å². The fraction of sp³-hybridized carbons (Fsp3) is 0. The van der Waals surface area contributed by atoms with E-state index in [1.165, 1.54) is 4.57 Å². The molecule has 18 heavy (non-hydrogen) atoms. The number of pyridine rings is 2. The van der Waals surface area contributed by atoms with Crippen LogP contribution in [0.25, 0.3) is 16.6 Å². The summed E-state index contributed by atoms with van der Waals surface area (Å²) in [6.45, 7) is 0. The van der Waals surface area contributed by atoms with Gasteiger partial charge in [0, 0.05) is 28.9 Å². The fourth-order valence-electron chi connectivity index (χ4n) is 1.90. The molecule has 0 aliphatic rings. The van der Waals surface area contributed by atoms with Gasteiger partial charge in [0.15, 0.2) is 0 Å². The summed E-state index contributed by atoms with van der Waals surface area (Å²) in [6.07, 6.45) is 3.29. The van der Waals surface area contributed by atoms with Crippen molar-refractivity contribution in [3.8, 4) is 5.82 Å². The minimum Gasteiger partial charge on any atom is -0.268 e. The van der Waals surface area contributed by atoms with E-state index in [-0.39, 0.29) is 5.56 Å². The molecule has 0 saturated heterocycles. The zero-order chi connectivity index (χ0) is 12.5. The quantitative estimate of drug-likeness (QED) is 0.671. The van der Waals surface area contributed by atoms with Crippen LogP contribution in [0.15, 0.2) is 59.7 Å². The Bertz CT molecular complexity index is 780. The molecule has 3 rings (SSSR count). The summed E-state index contributed by atoms with van der Waals surface area (Å²) < 4.78 is 1.49. The normalized spacial score (nSPS) is 10.7. The average molecular weight is 257 g/mol. The molecule has 2 heterocycles. The second kappa shape index (κ2) is 4.27. The van der Waals surface area contributed by atoms with Crippen LogP contribution in [0.4, 0.5) is 0 Å². The molecular formula is C14H9ClN2O. The minimum atomic E-state index is -0.0946. The van der Waals surface area contributed by atoms with Crippen LogP contribution in [0, 0.1) is 0 Å². The van der Waals surface area contributed by atoms with Gasteiger partial charge in [-0.15, -0.1) is 0 Å². The van der Waals surface area contributed by atoms with Crippen LogP contribution in [-0.2, 0) is 0 Å². The molecule has 0 amide bonds. The summed E-state index contributed by atoms with van der Waals surface area (Å²) in [6, 6.07) is 12.7. The highest BCUT2D eigenvalue weighted by molar-refractivity contribution is 6.30. The lowest BCUT2D eigenvalue weighted by molar-refractivity contribution is 0.955. The Labute approximate surface area is 108 Å². The van der Waals surface area contributed by atoms with Crippen LogP contribution in [-0.4, -0.2) is 9.55 Å². The number of hydrogen-bond donors (Lipinski definition) is 0. The molecule has 3 nitrogen and oxygen atoms in total. The lowest BCUT2D eigenvalue weighted by atomic mass is 10.2. The summed E-state index contributed by atoms with van der Waals surface area (Å²) in [4.78, 5) is 16.5. The molecular weight excluding hydrogens is 248 g/mol. The van der Waals surface area contributed by atoms with E-state index in [9.17, 15) is 4.79 Å². The SMILES string of the molecule is O=c1c2ccccc2ccn1-c1cc(Cl)ccn1. The van der Waals surface area contributed by atoms with Gasteiger partial charge in [-0.25, -0.2) is 4.98 Å². The highest BCUT2D eigenvalue weighted by Crippen LogP contribution is 2.13. The third-order valence-electron chi connectivity index (χ3n) is 2.77. The highest BCUT2D eigenvalue weighted by atomic mass is 35.5. The number of aromatic nitrogens is 2. The molecule has 4 heteroatoms. The molecule has 0 unspecified atom stereocenters. The second-order valence-electron chi connectivity index (χ2n) is 3.91. The van der Waals surface area contributed by atoms with Gasteiger partial charge >= 0.3 is 0 Å². The maximum absolute atomic E-state index is 12.3. The molecule has 0 radical (unpaired) electrons. The van der Waals surface area contributed by atoms with E-state index in [0.717, 1.165) is 5.39 Å². The summed E-state index contributed by atoms with van der Waals surface area (Å²) >= 11 is 5.91. The first-order chi connectivity index (χ1) is 8.75. The molecule has 3 aromatic rings. The number of rotatable bonds is 1. The van der Waals surface area contributed by atoms with Crippen molar-refractivity contribution in [1.82, 2.24) is 9.55 Å². The highest BCUT2D eigenvalue weighted by Gasteiger charge is 2.05. The van der Waals surface area contributed by atoms with E-state index in [1.807, 2.05) is 24.3 Å². The van der Waals surface area contributed by atoms with Crippen molar-refractivity contribution in [2.45, 2.75) is 0 Å². The zero-order valence-electron chi connectivity index (χ0n) is 9.38. The van der Waals surface area contributed by atoms with Gasteiger partial charge in [-0.1, -0.05) is 29.8 Å². The zero-order valence-corrected chi connectivity index (χ0v) is 10.1. The maximum Gasteiger partial charge on any atom is 0.264 e. The van der Waals surface area contributed by atoms with E-state index >= 15 is 0 Å². The van der Waals surface area contributed by atoms with Crippen LogP contribution in [0.3, 0.4) is 0 Å². The molecule has 0 fully saturated rings. The smallest absolute Gasteiger partial charge is 0.264 e. The molecule has 0 saturated carbocycles. The monoisotopic (exact) mass is 256 g/mol. The lowest BCUT2D eigenvalue weighted by Crippen LogP contribution is -2.18. The topological polar surface area (TPSA) is 34.9 Å². The van der Waals surface area contributed by atoms with Crippen LogP contribution in [0.2, 0.25) is 5.02 Å². The first-order valence-electron chi connectivity index (χ1n) is 5.48. The number of hydrogen-bond acceptors (Lipinski definition) is 2. The van der Waals surface area contributed by atoms with Crippen molar-refractivity contribution in [2.24, 2.45) is 0 Å². The molecule has 0 spiro atoms. The Morgan fingerprint density at radius 2 is 1.94 bits per heavy atom. The summed E-state index contributed by atoms with van der Waals surface area (Å²) in [7, 11) is 0. The van der Waals surface area contributed by atoms with Gasteiger partial charge in [0.25, 0.3) is 5.56 Å². The average Bonchev–Trinajstić information content (AvgIpc) is 2.39. The number of benzene rings is 1. The van der Waals surface area contributed by atoms with Crippen molar-refractivity contribution in [3.05, 3.63) is 70.2 Å². The Balaban J connectivity index is 2.31. The third kappa shape index (κ3) is 1.79. The lowest BCUT2D eigenvalue weighted by Gasteiger charge is -2.06. The minimum absolute atomic E-state index is 0.0946. The number of nitrogens with zero attached hydrogens (tertiary/aromatic N) is 2. The van der Waals surface area contributed by atoms with Gasteiger partial charge in [-0.05, 0) is 23.6 Å². The maximum atomic E-state index is 12.3. The fourth-order valence-corrected chi connectivity index (χ4v) is 2.05. The Morgan fingerprint density at radius 1 is 1.11 bits per heavy atom. The van der Waals surface area contributed by atoms with E-state index < -0.39 is 0 Å². The van der Waals surface area contributed by atoms with Crippen LogP contribution < -0.4 is 5.56 Å².